The van der Waals surface area contributed by atoms with Crippen LogP contribution in [0.15, 0.2) is 71.6 Å². The molecule has 0 fully saturated rings. The molecule has 0 aliphatic carbocycles. The van der Waals surface area contributed by atoms with Crippen molar-refractivity contribution in [2.75, 3.05) is 21.3 Å². The number of benzene rings is 3. The highest BCUT2D eigenvalue weighted by Gasteiger charge is 2.29. The Morgan fingerprint density at radius 1 is 0.861 bits per heavy atom. The van der Waals surface area contributed by atoms with E-state index in [1.807, 2.05) is 43.3 Å². The molecule has 0 aliphatic heterocycles. The minimum absolute atomic E-state index is 0.0243. The van der Waals surface area contributed by atoms with Crippen LogP contribution in [0.4, 0.5) is 0 Å². The van der Waals surface area contributed by atoms with Gasteiger partial charge in [-0.3, -0.25) is 4.79 Å². The number of sulfonamides is 1. The Morgan fingerprint density at radius 2 is 1.50 bits per heavy atom. The molecule has 2 atom stereocenters. The fourth-order valence-corrected chi connectivity index (χ4v) is 5.25. The summed E-state index contributed by atoms with van der Waals surface area (Å²) in [6.07, 6.45) is 0.165. The second-order valence-electron chi connectivity index (χ2n) is 8.36. The van der Waals surface area contributed by atoms with Gasteiger partial charge < -0.3 is 19.5 Å². The Labute approximate surface area is 212 Å². The molecule has 0 heterocycles. The van der Waals surface area contributed by atoms with E-state index < -0.39 is 28.0 Å². The molecule has 9 heteroatoms. The maximum Gasteiger partial charge on any atom is 0.244 e. The molecule has 3 rings (SSSR count). The van der Waals surface area contributed by atoms with Crippen molar-refractivity contribution in [1.29, 1.82) is 0 Å². The smallest absolute Gasteiger partial charge is 0.244 e. The van der Waals surface area contributed by atoms with E-state index in [2.05, 4.69) is 10.0 Å². The van der Waals surface area contributed by atoms with Gasteiger partial charge in [0.25, 0.3) is 0 Å². The Balaban J connectivity index is 1.89. The summed E-state index contributed by atoms with van der Waals surface area (Å²) >= 11 is 0. The van der Waals surface area contributed by atoms with Crippen LogP contribution in [0.1, 0.15) is 29.7 Å². The van der Waals surface area contributed by atoms with E-state index >= 15 is 0 Å². The molecule has 192 valence electrons. The van der Waals surface area contributed by atoms with Crippen LogP contribution in [-0.4, -0.2) is 41.7 Å². The Hall–Kier alpha value is -3.56. The van der Waals surface area contributed by atoms with Crippen molar-refractivity contribution in [1.82, 2.24) is 10.0 Å². The van der Waals surface area contributed by atoms with Crippen molar-refractivity contribution >= 4 is 15.9 Å². The van der Waals surface area contributed by atoms with Crippen LogP contribution in [0.5, 0.6) is 17.2 Å². The van der Waals surface area contributed by atoms with Crippen LogP contribution < -0.4 is 24.2 Å². The van der Waals surface area contributed by atoms with E-state index in [-0.39, 0.29) is 17.1 Å². The Morgan fingerprint density at radius 3 is 2.14 bits per heavy atom. The zero-order chi connectivity index (χ0) is 26.3. The van der Waals surface area contributed by atoms with E-state index in [0.29, 0.717) is 11.5 Å². The SMILES string of the molecule is COc1ccc(C(C)NC(=O)C(Cc2ccccc2)NS(=O)(=O)c2cc(C)ccc2OC)cc1OC. The van der Waals surface area contributed by atoms with Crippen LogP contribution in [0.2, 0.25) is 0 Å². The highest BCUT2D eigenvalue weighted by molar-refractivity contribution is 7.89. The van der Waals surface area contributed by atoms with Crippen molar-refractivity contribution in [3.63, 3.8) is 0 Å². The van der Waals surface area contributed by atoms with Crippen LogP contribution >= 0.6 is 0 Å². The summed E-state index contributed by atoms with van der Waals surface area (Å²) in [6.45, 7) is 3.61. The summed E-state index contributed by atoms with van der Waals surface area (Å²) in [6, 6.07) is 18.0. The molecular weight excluding hydrogens is 480 g/mol. The number of nitrogens with one attached hydrogen (secondary N) is 2. The molecule has 2 unspecified atom stereocenters. The molecule has 3 aromatic carbocycles. The van der Waals surface area contributed by atoms with E-state index in [9.17, 15) is 13.2 Å². The van der Waals surface area contributed by atoms with Crippen molar-refractivity contribution in [2.45, 2.75) is 37.2 Å². The van der Waals surface area contributed by atoms with Gasteiger partial charge in [0, 0.05) is 0 Å². The molecule has 0 saturated carbocycles. The van der Waals surface area contributed by atoms with E-state index in [1.54, 1.807) is 38.3 Å². The lowest BCUT2D eigenvalue weighted by Gasteiger charge is -2.23. The molecule has 36 heavy (non-hydrogen) atoms. The fourth-order valence-electron chi connectivity index (χ4n) is 3.80. The number of carbonyl (C=O) groups excluding carboxylic acids is 1. The van der Waals surface area contributed by atoms with Gasteiger partial charge >= 0.3 is 0 Å². The zero-order valence-electron chi connectivity index (χ0n) is 21.1. The number of hydrogen-bond acceptors (Lipinski definition) is 6. The van der Waals surface area contributed by atoms with Crippen LogP contribution in [0.3, 0.4) is 0 Å². The van der Waals surface area contributed by atoms with Gasteiger partial charge in [-0.2, -0.15) is 4.72 Å². The summed E-state index contributed by atoms with van der Waals surface area (Å²) in [7, 11) is 0.408. The van der Waals surface area contributed by atoms with Gasteiger partial charge in [0.15, 0.2) is 11.5 Å². The van der Waals surface area contributed by atoms with Gasteiger partial charge in [0.05, 0.1) is 27.4 Å². The first-order valence-electron chi connectivity index (χ1n) is 11.4. The number of amides is 1. The average molecular weight is 513 g/mol. The standard InChI is InChI=1S/C27H32N2O6S/c1-18-11-13-24(34-4)26(15-18)36(31,32)29-22(16-20-9-7-6-8-10-20)27(30)28-19(2)21-12-14-23(33-3)25(17-21)35-5/h6-15,17,19,22,29H,16H2,1-5H3,(H,28,30). The minimum atomic E-state index is -4.08. The van der Waals surface area contributed by atoms with Gasteiger partial charge in [-0.05, 0) is 61.2 Å². The van der Waals surface area contributed by atoms with Crippen molar-refractivity contribution in [3.8, 4) is 17.2 Å². The largest absolute Gasteiger partial charge is 0.495 e. The number of rotatable bonds is 11. The third kappa shape index (κ3) is 6.56. The van der Waals surface area contributed by atoms with E-state index in [0.717, 1.165) is 16.7 Å². The lowest BCUT2D eigenvalue weighted by Crippen LogP contribution is -2.48. The second-order valence-corrected chi connectivity index (χ2v) is 10.0. The predicted molar refractivity (Wildman–Crippen MR) is 138 cm³/mol. The third-order valence-corrected chi connectivity index (χ3v) is 7.26. The number of carbonyl (C=O) groups is 1. The Bertz CT molecular complexity index is 1290. The van der Waals surface area contributed by atoms with Gasteiger partial charge in [-0.1, -0.05) is 42.5 Å². The maximum absolute atomic E-state index is 13.4. The Kier molecular flexibility index (Phi) is 8.95. The second kappa shape index (κ2) is 11.9. The predicted octanol–water partition coefficient (Wildman–Crippen LogP) is 3.79. The van der Waals surface area contributed by atoms with Crippen LogP contribution in [0.25, 0.3) is 0 Å². The third-order valence-electron chi connectivity index (χ3n) is 5.77. The summed E-state index contributed by atoms with van der Waals surface area (Å²) in [4.78, 5) is 13.4. The van der Waals surface area contributed by atoms with Gasteiger partial charge in [0.2, 0.25) is 15.9 Å². The molecule has 0 aliphatic rings. The monoisotopic (exact) mass is 512 g/mol. The van der Waals surface area contributed by atoms with Gasteiger partial charge in [-0.25, -0.2) is 8.42 Å². The molecule has 0 spiro atoms. The number of ether oxygens (including phenoxy) is 3. The van der Waals surface area contributed by atoms with E-state index in [4.69, 9.17) is 14.2 Å². The molecule has 8 nitrogen and oxygen atoms in total. The van der Waals surface area contributed by atoms with Crippen LogP contribution in [0, 0.1) is 6.92 Å². The van der Waals surface area contributed by atoms with Gasteiger partial charge in [0.1, 0.15) is 16.7 Å². The normalized spacial score (nSPS) is 12.9. The van der Waals surface area contributed by atoms with E-state index in [1.165, 1.54) is 20.3 Å². The molecule has 1 amide bonds. The summed E-state index contributed by atoms with van der Waals surface area (Å²) in [5, 5.41) is 2.93. The summed E-state index contributed by atoms with van der Waals surface area (Å²) in [5.74, 6) is 0.841. The number of aryl methyl sites for hydroxylation is 1. The molecule has 0 aromatic heterocycles. The zero-order valence-corrected chi connectivity index (χ0v) is 21.9. The minimum Gasteiger partial charge on any atom is -0.495 e. The summed E-state index contributed by atoms with van der Waals surface area (Å²) in [5.41, 5.74) is 2.35. The first-order chi connectivity index (χ1) is 17.2. The van der Waals surface area contributed by atoms with Gasteiger partial charge in [-0.15, -0.1) is 0 Å². The molecule has 2 N–H and O–H groups in total. The lowest BCUT2D eigenvalue weighted by atomic mass is 10.0. The fraction of sp³-hybridized carbons (Fsp3) is 0.296. The summed E-state index contributed by atoms with van der Waals surface area (Å²) < 4.78 is 45.3. The lowest BCUT2D eigenvalue weighted by molar-refractivity contribution is -0.123. The highest BCUT2D eigenvalue weighted by atomic mass is 32.2. The van der Waals surface area contributed by atoms with Crippen molar-refractivity contribution < 1.29 is 27.4 Å². The molecule has 3 aromatic rings. The first kappa shape index (κ1) is 27.0. The average Bonchev–Trinajstić information content (AvgIpc) is 2.88. The molecular formula is C27H32N2O6S. The highest BCUT2D eigenvalue weighted by Crippen LogP contribution is 2.30. The maximum atomic E-state index is 13.4. The van der Waals surface area contributed by atoms with Crippen molar-refractivity contribution in [2.24, 2.45) is 0 Å². The molecule has 0 bridgehead atoms. The van der Waals surface area contributed by atoms with Crippen LogP contribution in [-0.2, 0) is 21.2 Å². The topological polar surface area (TPSA) is 103 Å². The first-order valence-corrected chi connectivity index (χ1v) is 12.9. The quantitative estimate of drug-likeness (QED) is 0.405. The molecule has 0 saturated heterocycles. The molecule has 0 radical (unpaired) electrons. The number of hydrogen-bond donors (Lipinski definition) is 2. The number of methoxy groups -OCH3 is 3. The van der Waals surface area contributed by atoms with Crippen molar-refractivity contribution in [3.05, 3.63) is 83.4 Å².